The monoisotopic (exact) mass is 116 g/mol. The summed E-state index contributed by atoms with van der Waals surface area (Å²) >= 11 is 0. The second kappa shape index (κ2) is 6.43. The fraction of sp³-hybridized carbons (Fsp3) is 0.800. The number of aliphatic hydroxyl groups excluding tert-OH is 1. The molecule has 8 heavy (non-hydrogen) atoms. The molecule has 48 valence electrons. The van der Waals surface area contributed by atoms with Gasteiger partial charge in [-0.3, -0.25) is 4.99 Å². The highest BCUT2D eigenvalue weighted by Gasteiger charge is 1.82. The molecule has 0 saturated heterocycles. The molecule has 0 spiro atoms. The lowest BCUT2D eigenvalue weighted by Gasteiger charge is -1.75. The van der Waals surface area contributed by atoms with Gasteiger partial charge in [-0.25, -0.2) is 0 Å². The zero-order chi connectivity index (χ0) is 6.24. The smallest absolute Gasteiger partial charge is 0.0825 e. The third-order valence-corrected chi connectivity index (χ3v) is 0.568. The maximum atomic E-state index is 7.57. The Morgan fingerprint density at radius 1 is 1.88 bits per heavy atom. The maximum absolute atomic E-state index is 7.57. The van der Waals surface area contributed by atoms with Gasteiger partial charge in [-0.15, -0.1) is 0 Å². The number of aliphatic imine (C=N–C) groups is 1. The van der Waals surface area contributed by atoms with Crippen LogP contribution in [0.15, 0.2) is 4.99 Å². The summed E-state index contributed by atoms with van der Waals surface area (Å²) in [5, 5.41) is 10.5. The summed E-state index contributed by atoms with van der Waals surface area (Å²) < 4.78 is 0. The Labute approximate surface area is 49.4 Å². The maximum Gasteiger partial charge on any atom is 0.0825 e. The molecule has 0 fully saturated rings. The van der Waals surface area contributed by atoms with Gasteiger partial charge >= 0.3 is 0 Å². The predicted octanol–water partition coefficient (Wildman–Crippen LogP) is -0.384. The van der Waals surface area contributed by atoms with E-state index < -0.39 is 0 Å². The van der Waals surface area contributed by atoms with Crippen molar-refractivity contribution in [2.75, 3.05) is 19.7 Å². The predicted molar refractivity (Wildman–Crippen MR) is 34.1 cm³/mol. The van der Waals surface area contributed by atoms with Gasteiger partial charge in [0.2, 0.25) is 0 Å². The molecule has 0 aromatic heterocycles. The number of nitrogens with one attached hydrogen (secondary N) is 1. The number of hydrogen-bond acceptors (Lipinski definition) is 3. The molecule has 3 nitrogen and oxygen atoms in total. The average molecular weight is 116 g/mol. The normalized spacial score (nSPS) is 14.2. The fourth-order valence-electron chi connectivity index (χ4n) is 0.323. The van der Waals surface area contributed by atoms with Crippen LogP contribution >= 0.6 is 0 Å². The van der Waals surface area contributed by atoms with Gasteiger partial charge in [0.15, 0.2) is 0 Å². The molecular formula is C5H12N2O. The van der Waals surface area contributed by atoms with Crippen molar-refractivity contribution in [1.29, 1.82) is 0 Å². The van der Waals surface area contributed by atoms with Gasteiger partial charge < -0.3 is 10.4 Å². The van der Waals surface area contributed by atoms with Crippen molar-refractivity contribution in [3.8, 4) is 0 Å². The van der Waals surface area contributed by atoms with Gasteiger partial charge in [0.25, 0.3) is 0 Å². The topological polar surface area (TPSA) is 44.6 Å². The zero-order valence-corrected chi connectivity index (χ0v) is 5.09. The second-order valence-corrected chi connectivity index (χ2v) is 1.31. The molecule has 0 aromatic rings. The molecule has 1 aliphatic heterocycles. The van der Waals surface area contributed by atoms with E-state index >= 15 is 0 Å². The lowest BCUT2D eigenvalue weighted by Crippen LogP contribution is -2.04. The van der Waals surface area contributed by atoms with Crippen molar-refractivity contribution in [2.24, 2.45) is 4.99 Å². The quantitative estimate of drug-likeness (QED) is 0.453. The highest BCUT2D eigenvalue weighted by Crippen LogP contribution is 1.68. The minimum absolute atomic E-state index is 0.250. The third-order valence-electron chi connectivity index (χ3n) is 0.568. The molecule has 1 rings (SSSR count). The largest absolute Gasteiger partial charge is 0.397 e. The average Bonchev–Trinajstić information content (AvgIpc) is 2.17. The Hall–Kier alpha value is -0.570. The Kier molecular flexibility index (Phi) is 5.97. The van der Waals surface area contributed by atoms with Crippen LogP contribution in [0.5, 0.6) is 0 Å². The summed E-state index contributed by atoms with van der Waals surface area (Å²) in [6.45, 7) is 3.92. The van der Waals surface area contributed by atoms with Gasteiger partial charge in [0.1, 0.15) is 0 Å². The molecule has 0 radical (unpaired) electrons. The van der Waals surface area contributed by atoms with Crippen LogP contribution in [0, 0.1) is 0 Å². The van der Waals surface area contributed by atoms with Crippen molar-refractivity contribution in [3.63, 3.8) is 0 Å². The zero-order valence-electron chi connectivity index (χ0n) is 5.09. The van der Waals surface area contributed by atoms with Crippen LogP contribution in [-0.4, -0.2) is 31.1 Å². The minimum atomic E-state index is 0.250. The summed E-state index contributed by atoms with van der Waals surface area (Å²) in [5.41, 5.74) is 0. The summed E-state index contributed by atoms with van der Waals surface area (Å²) in [4.78, 5) is 3.85. The van der Waals surface area contributed by atoms with Crippen molar-refractivity contribution in [3.05, 3.63) is 0 Å². The first-order chi connectivity index (χ1) is 3.91. The van der Waals surface area contributed by atoms with E-state index in [9.17, 15) is 0 Å². The molecule has 0 saturated carbocycles. The molecule has 3 heteroatoms. The first kappa shape index (κ1) is 7.43. The number of nitrogens with zero attached hydrogens (tertiary/aromatic N) is 1. The van der Waals surface area contributed by atoms with Crippen molar-refractivity contribution in [1.82, 2.24) is 5.32 Å². The Morgan fingerprint density at radius 3 is 2.62 bits per heavy atom. The molecule has 2 N–H and O–H groups in total. The Bertz CT molecular complexity index is 57.4. The van der Waals surface area contributed by atoms with E-state index in [0.29, 0.717) is 0 Å². The van der Waals surface area contributed by atoms with E-state index in [-0.39, 0.29) is 6.61 Å². The summed E-state index contributed by atoms with van der Waals surface area (Å²) in [6, 6.07) is 0. The van der Waals surface area contributed by atoms with E-state index in [1.165, 1.54) is 0 Å². The van der Waals surface area contributed by atoms with Crippen LogP contribution < -0.4 is 5.32 Å². The molecule has 0 amide bonds. The van der Waals surface area contributed by atoms with Crippen LogP contribution in [0.3, 0.4) is 0 Å². The van der Waals surface area contributed by atoms with E-state index in [4.69, 9.17) is 5.11 Å². The number of rotatable bonds is 0. The molecule has 0 atom stereocenters. The molecular weight excluding hydrogens is 104 g/mol. The standard InChI is InChI=1S/C3H6N2.C2H6O/c1-2-5-3-4-1;1-2-3/h3H,1-2H2,(H,4,5);3H,2H2,1H3. The molecule has 1 aliphatic rings. The molecule has 0 aromatic carbocycles. The minimum Gasteiger partial charge on any atom is -0.397 e. The highest BCUT2D eigenvalue weighted by atomic mass is 16.2. The molecule has 1 heterocycles. The fourth-order valence-corrected chi connectivity index (χ4v) is 0.323. The van der Waals surface area contributed by atoms with E-state index in [1.807, 2.05) is 0 Å². The number of aliphatic hydroxyl groups is 1. The van der Waals surface area contributed by atoms with Gasteiger partial charge in [-0.2, -0.15) is 0 Å². The summed E-state index contributed by atoms with van der Waals surface area (Å²) in [7, 11) is 0. The first-order valence-electron chi connectivity index (χ1n) is 2.74. The van der Waals surface area contributed by atoms with Crippen molar-refractivity contribution < 1.29 is 5.11 Å². The van der Waals surface area contributed by atoms with Crippen LogP contribution in [-0.2, 0) is 0 Å². The van der Waals surface area contributed by atoms with Gasteiger partial charge in [0.05, 0.1) is 12.9 Å². The summed E-state index contributed by atoms with van der Waals surface area (Å²) in [5.74, 6) is 0. The number of hydrogen-bond donors (Lipinski definition) is 2. The first-order valence-corrected chi connectivity index (χ1v) is 2.74. The van der Waals surface area contributed by atoms with E-state index in [0.717, 1.165) is 13.1 Å². The third kappa shape index (κ3) is 5.43. The van der Waals surface area contributed by atoms with Crippen molar-refractivity contribution in [2.45, 2.75) is 6.92 Å². The molecule has 0 aliphatic carbocycles. The lowest BCUT2D eigenvalue weighted by molar-refractivity contribution is 0.318. The van der Waals surface area contributed by atoms with Crippen molar-refractivity contribution >= 4 is 6.34 Å². The summed E-state index contributed by atoms with van der Waals surface area (Å²) in [6.07, 6.45) is 1.74. The lowest BCUT2D eigenvalue weighted by atomic mass is 10.7. The van der Waals surface area contributed by atoms with Gasteiger partial charge in [-0.05, 0) is 6.92 Å². The highest BCUT2D eigenvalue weighted by molar-refractivity contribution is 5.56. The molecule has 0 bridgehead atoms. The SMILES string of the molecule is C1=NCCN1.CCO. The second-order valence-electron chi connectivity index (χ2n) is 1.31. The molecule has 0 unspecified atom stereocenters. The van der Waals surface area contributed by atoms with E-state index in [2.05, 4.69) is 10.3 Å². The van der Waals surface area contributed by atoms with Crippen LogP contribution in [0.4, 0.5) is 0 Å². The Balaban J connectivity index is 0.000000145. The van der Waals surface area contributed by atoms with E-state index in [1.54, 1.807) is 13.3 Å². The van der Waals surface area contributed by atoms with Crippen LogP contribution in [0.1, 0.15) is 6.92 Å². The van der Waals surface area contributed by atoms with Gasteiger partial charge in [-0.1, -0.05) is 0 Å². The van der Waals surface area contributed by atoms with Crippen LogP contribution in [0.25, 0.3) is 0 Å². The van der Waals surface area contributed by atoms with Gasteiger partial charge in [0, 0.05) is 13.2 Å². The van der Waals surface area contributed by atoms with Crippen LogP contribution in [0.2, 0.25) is 0 Å². The Morgan fingerprint density at radius 2 is 2.50 bits per heavy atom.